The number of benzene rings is 1. The molecule has 2 rings (SSSR count). The van der Waals surface area contributed by atoms with E-state index >= 15 is 0 Å². The van der Waals surface area contributed by atoms with Crippen LogP contribution < -0.4 is 10.5 Å². The zero-order valence-electron chi connectivity index (χ0n) is 10.9. The van der Waals surface area contributed by atoms with Gasteiger partial charge in [-0.1, -0.05) is 29.8 Å². The van der Waals surface area contributed by atoms with Crippen LogP contribution in [0.1, 0.15) is 25.0 Å². The molecule has 0 saturated heterocycles. The molecule has 1 aliphatic heterocycles. The van der Waals surface area contributed by atoms with Crippen molar-refractivity contribution in [2.24, 2.45) is 5.73 Å². The highest BCUT2D eigenvalue weighted by atomic mass is 79.9. The summed E-state index contributed by atoms with van der Waals surface area (Å²) in [6, 6.07) is 4.49. The Kier molecular flexibility index (Phi) is 4.98. The molecule has 0 fully saturated rings. The van der Waals surface area contributed by atoms with E-state index < -0.39 is 0 Å². The van der Waals surface area contributed by atoms with Crippen molar-refractivity contribution in [2.45, 2.75) is 38.0 Å². The second kappa shape index (κ2) is 6.31. The summed E-state index contributed by atoms with van der Waals surface area (Å²) in [4.78, 5) is 0. The van der Waals surface area contributed by atoms with Gasteiger partial charge in [-0.2, -0.15) is 11.8 Å². The first-order valence-corrected chi connectivity index (χ1v) is 8.21. The maximum Gasteiger partial charge on any atom is 0.125 e. The molecular weight excluding hydrogens is 310 g/mol. The predicted molar refractivity (Wildman–Crippen MR) is 82.6 cm³/mol. The summed E-state index contributed by atoms with van der Waals surface area (Å²) in [5.41, 5.74) is 8.76. The maximum absolute atomic E-state index is 6.21. The van der Waals surface area contributed by atoms with Gasteiger partial charge in [0.05, 0.1) is 6.61 Å². The fourth-order valence-electron chi connectivity index (χ4n) is 2.16. The molecule has 0 spiro atoms. The fourth-order valence-corrected chi connectivity index (χ4v) is 3.46. The second-order valence-electron chi connectivity index (χ2n) is 5.00. The molecule has 4 heteroatoms. The molecule has 1 atom stereocenters. The van der Waals surface area contributed by atoms with Gasteiger partial charge in [-0.15, -0.1) is 0 Å². The van der Waals surface area contributed by atoms with Crippen LogP contribution in [-0.4, -0.2) is 23.7 Å². The molecule has 1 heterocycles. The highest BCUT2D eigenvalue weighted by Gasteiger charge is 2.19. The van der Waals surface area contributed by atoms with Gasteiger partial charge in [-0.25, -0.2) is 0 Å². The van der Waals surface area contributed by atoms with Crippen LogP contribution in [0.5, 0.6) is 5.75 Å². The normalized spacial score (nSPS) is 15.6. The minimum Gasteiger partial charge on any atom is -0.493 e. The molecule has 1 aromatic carbocycles. The summed E-state index contributed by atoms with van der Waals surface area (Å²) in [5.74, 6) is 2.07. The Bertz CT molecular complexity index is 423. The van der Waals surface area contributed by atoms with Gasteiger partial charge in [0.15, 0.2) is 0 Å². The summed E-state index contributed by atoms with van der Waals surface area (Å²) in [5, 5.41) is 0.639. The van der Waals surface area contributed by atoms with Crippen LogP contribution in [0.3, 0.4) is 0 Å². The van der Waals surface area contributed by atoms with E-state index in [0.29, 0.717) is 5.25 Å². The van der Waals surface area contributed by atoms with Crippen LogP contribution in [0.4, 0.5) is 0 Å². The van der Waals surface area contributed by atoms with E-state index in [9.17, 15) is 0 Å². The number of hydrogen-bond acceptors (Lipinski definition) is 3. The first kappa shape index (κ1) is 14.2. The van der Waals surface area contributed by atoms with Crippen LogP contribution in [0.15, 0.2) is 16.6 Å². The third-order valence-electron chi connectivity index (χ3n) is 2.95. The molecule has 0 bridgehead atoms. The minimum absolute atomic E-state index is 0.194. The Labute approximate surface area is 122 Å². The van der Waals surface area contributed by atoms with Crippen molar-refractivity contribution in [2.75, 3.05) is 12.4 Å². The van der Waals surface area contributed by atoms with Crippen molar-refractivity contribution in [3.63, 3.8) is 0 Å². The highest BCUT2D eigenvalue weighted by Crippen LogP contribution is 2.33. The third-order valence-corrected chi connectivity index (χ3v) is 4.70. The molecular formula is C14H20BrNOS. The molecule has 1 aliphatic rings. The van der Waals surface area contributed by atoms with E-state index in [1.54, 1.807) is 0 Å². The van der Waals surface area contributed by atoms with Crippen LogP contribution in [0.25, 0.3) is 0 Å². The average Bonchev–Trinajstić information content (AvgIpc) is 2.74. The average molecular weight is 330 g/mol. The first-order chi connectivity index (χ1) is 8.56. The van der Waals surface area contributed by atoms with Crippen molar-refractivity contribution in [1.29, 1.82) is 0 Å². The molecule has 0 aromatic heterocycles. The molecule has 0 saturated carbocycles. The van der Waals surface area contributed by atoms with E-state index in [1.165, 1.54) is 11.1 Å². The van der Waals surface area contributed by atoms with Crippen LogP contribution >= 0.6 is 27.7 Å². The molecule has 18 heavy (non-hydrogen) atoms. The number of fused-ring (bicyclic) bond motifs is 1. The van der Waals surface area contributed by atoms with Crippen LogP contribution in [0, 0.1) is 0 Å². The van der Waals surface area contributed by atoms with Crippen molar-refractivity contribution >= 4 is 27.7 Å². The van der Waals surface area contributed by atoms with Gasteiger partial charge in [0.2, 0.25) is 0 Å². The Hall–Kier alpha value is -0.190. The SMILES string of the molecule is CC(C)SCC(N)Cc1cc(Br)cc2c1OCC2. The molecule has 100 valence electrons. The molecule has 0 aliphatic carbocycles. The van der Waals surface area contributed by atoms with Gasteiger partial charge < -0.3 is 10.5 Å². The molecule has 1 aromatic rings. The standard InChI is InChI=1S/C14H20BrNOS/c1-9(2)18-8-13(16)7-11-6-12(15)5-10-3-4-17-14(10)11/h5-6,9,13H,3-4,7-8,16H2,1-2H3. The van der Waals surface area contributed by atoms with E-state index in [-0.39, 0.29) is 6.04 Å². The van der Waals surface area contributed by atoms with Crippen molar-refractivity contribution in [3.8, 4) is 5.75 Å². The van der Waals surface area contributed by atoms with E-state index in [4.69, 9.17) is 10.5 Å². The zero-order valence-corrected chi connectivity index (χ0v) is 13.3. The largest absolute Gasteiger partial charge is 0.493 e. The number of hydrogen-bond donors (Lipinski definition) is 1. The van der Waals surface area contributed by atoms with E-state index in [2.05, 4.69) is 41.9 Å². The Morgan fingerprint density at radius 2 is 2.22 bits per heavy atom. The monoisotopic (exact) mass is 329 g/mol. The summed E-state index contributed by atoms with van der Waals surface area (Å²) in [6.45, 7) is 5.21. The van der Waals surface area contributed by atoms with Gasteiger partial charge in [-0.3, -0.25) is 0 Å². The summed E-state index contributed by atoms with van der Waals surface area (Å²) in [6.07, 6.45) is 1.90. The topological polar surface area (TPSA) is 35.2 Å². The van der Waals surface area contributed by atoms with Crippen molar-refractivity contribution < 1.29 is 4.74 Å². The Balaban J connectivity index is 2.05. The second-order valence-corrected chi connectivity index (χ2v) is 7.52. The number of ether oxygens (including phenoxy) is 1. The van der Waals surface area contributed by atoms with Gasteiger partial charge in [-0.05, 0) is 34.9 Å². The minimum atomic E-state index is 0.194. The third kappa shape index (κ3) is 3.65. The lowest BCUT2D eigenvalue weighted by molar-refractivity contribution is 0.353. The molecule has 2 N–H and O–H groups in total. The highest BCUT2D eigenvalue weighted by molar-refractivity contribution is 9.10. The molecule has 0 amide bonds. The predicted octanol–water partition coefficient (Wildman–Crippen LogP) is 3.40. The lowest BCUT2D eigenvalue weighted by Crippen LogP contribution is -2.26. The number of thioether (sulfide) groups is 1. The maximum atomic E-state index is 6.21. The van der Waals surface area contributed by atoms with E-state index in [0.717, 1.165) is 35.4 Å². The van der Waals surface area contributed by atoms with Gasteiger partial charge in [0.1, 0.15) is 5.75 Å². The van der Waals surface area contributed by atoms with Crippen LogP contribution in [-0.2, 0) is 12.8 Å². The lowest BCUT2D eigenvalue weighted by atomic mass is 10.0. The smallest absolute Gasteiger partial charge is 0.125 e. The first-order valence-electron chi connectivity index (χ1n) is 6.37. The van der Waals surface area contributed by atoms with Crippen molar-refractivity contribution in [1.82, 2.24) is 0 Å². The zero-order chi connectivity index (χ0) is 13.1. The molecule has 2 nitrogen and oxygen atoms in total. The number of rotatable bonds is 5. The number of halogens is 1. The molecule has 0 radical (unpaired) electrons. The van der Waals surface area contributed by atoms with Crippen LogP contribution in [0.2, 0.25) is 0 Å². The summed E-state index contributed by atoms with van der Waals surface area (Å²) >= 11 is 5.48. The summed E-state index contributed by atoms with van der Waals surface area (Å²) in [7, 11) is 0. The quantitative estimate of drug-likeness (QED) is 0.899. The number of nitrogens with two attached hydrogens (primary N) is 1. The fraction of sp³-hybridized carbons (Fsp3) is 0.571. The van der Waals surface area contributed by atoms with Gasteiger partial charge in [0, 0.05) is 22.7 Å². The lowest BCUT2D eigenvalue weighted by Gasteiger charge is -2.15. The Morgan fingerprint density at radius 3 is 2.94 bits per heavy atom. The Morgan fingerprint density at radius 1 is 1.44 bits per heavy atom. The van der Waals surface area contributed by atoms with Gasteiger partial charge in [0.25, 0.3) is 0 Å². The van der Waals surface area contributed by atoms with E-state index in [1.807, 2.05) is 11.8 Å². The summed E-state index contributed by atoms with van der Waals surface area (Å²) < 4.78 is 6.86. The molecule has 1 unspecified atom stereocenters. The van der Waals surface area contributed by atoms with Crippen molar-refractivity contribution in [3.05, 3.63) is 27.7 Å². The van der Waals surface area contributed by atoms with Gasteiger partial charge >= 0.3 is 0 Å².